The second kappa shape index (κ2) is 7.13. The predicted molar refractivity (Wildman–Crippen MR) is 74.3 cm³/mol. The highest BCUT2D eigenvalue weighted by Crippen LogP contribution is 2.32. The van der Waals surface area contributed by atoms with Gasteiger partial charge in [-0.05, 0) is 28.3 Å². The van der Waals surface area contributed by atoms with E-state index >= 15 is 0 Å². The summed E-state index contributed by atoms with van der Waals surface area (Å²) >= 11 is 3.55. The van der Waals surface area contributed by atoms with Crippen molar-refractivity contribution in [1.82, 2.24) is 15.2 Å². The summed E-state index contributed by atoms with van der Waals surface area (Å²) in [5, 5.41) is 4.26. The molecule has 0 bridgehead atoms. The summed E-state index contributed by atoms with van der Waals surface area (Å²) in [6, 6.07) is 0.161. The van der Waals surface area contributed by atoms with Gasteiger partial charge < -0.3 is 0 Å². The van der Waals surface area contributed by atoms with Gasteiger partial charge in [0.05, 0.1) is 22.4 Å². The van der Waals surface area contributed by atoms with Gasteiger partial charge in [-0.15, -0.1) is 0 Å². The van der Waals surface area contributed by atoms with Gasteiger partial charge in [0.15, 0.2) is 0 Å². The lowest BCUT2D eigenvalue weighted by Crippen LogP contribution is -2.35. The molecule has 0 aliphatic heterocycles. The van der Waals surface area contributed by atoms with E-state index in [1.54, 1.807) is 0 Å². The zero-order valence-electron chi connectivity index (χ0n) is 10.9. The number of aromatic nitrogens is 2. The number of nitrogens with one attached hydrogen (secondary N) is 1. The molecule has 0 saturated carbocycles. The van der Waals surface area contributed by atoms with Gasteiger partial charge in [-0.25, -0.2) is 0 Å². The van der Waals surface area contributed by atoms with Crippen LogP contribution in [0, 0.1) is 5.92 Å². The molecule has 1 heterocycles. The molecule has 1 aromatic heterocycles. The maximum Gasteiger partial charge on any atom is 0.0708 e. The molecule has 0 aliphatic rings. The lowest BCUT2D eigenvalue weighted by atomic mass is 9.90. The lowest BCUT2D eigenvalue weighted by Gasteiger charge is -2.26. The van der Waals surface area contributed by atoms with Gasteiger partial charge in [-0.1, -0.05) is 33.1 Å². The third-order valence-electron chi connectivity index (χ3n) is 3.34. The first kappa shape index (κ1) is 14.7. The van der Waals surface area contributed by atoms with Crippen LogP contribution in [-0.2, 0) is 7.05 Å². The van der Waals surface area contributed by atoms with Gasteiger partial charge >= 0.3 is 0 Å². The van der Waals surface area contributed by atoms with E-state index in [1.807, 2.05) is 17.9 Å². The van der Waals surface area contributed by atoms with Crippen molar-refractivity contribution in [3.63, 3.8) is 0 Å². The molecule has 0 amide bonds. The van der Waals surface area contributed by atoms with Crippen molar-refractivity contribution in [1.29, 1.82) is 0 Å². The summed E-state index contributed by atoms with van der Waals surface area (Å²) in [4.78, 5) is 0. The third kappa shape index (κ3) is 3.53. The van der Waals surface area contributed by atoms with Gasteiger partial charge in [0, 0.05) is 7.05 Å². The van der Waals surface area contributed by atoms with Crippen molar-refractivity contribution in [3.8, 4) is 0 Å². The molecule has 0 radical (unpaired) electrons. The number of halogens is 1. The van der Waals surface area contributed by atoms with Crippen LogP contribution in [0.2, 0.25) is 0 Å². The molecule has 0 saturated heterocycles. The van der Waals surface area contributed by atoms with Gasteiger partial charge in [0.2, 0.25) is 0 Å². The van der Waals surface area contributed by atoms with E-state index in [-0.39, 0.29) is 6.04 Å². The average molecular weight is 303 g/mol. The predicted octanol–water partition coefficient (Wildman–Crippen LogP) is 2.90. The first-order valence-corrected chi connectivity index (χ1v) is 7.08. The molecule has 0 spiro atoms. The zero-order chi connectivity index (χ0) is 12.8. The minimum absolute atomic E-state index is 0.161. The molecule has 4 nitrogen and oxygen atoms in total. The zero-order valence-corrected chi connectivity index (χ0v) is 12.5. The molecule has 17 heavy (non-hydrogen) atoms. The van der Waals surface area contributed by atoms with E-state index in [1.165, 1.54) is 19.3 Å². The average Bonchev–Trinajstić information content (AvgIpc) is 2.65. The molecule has 0 fully saturated rings. The summed E-state index contributed by atoms with van der Waals surface area (Å²) in [6.07, 6.45) is 6.60. The fourth-order valence-corrected chi connectivity index (χ4v) is 2.88. The van der Waals surface area contributed by atoms with Crippen LogP contribution < -0.4 is 11.3 Å². The summed E-state index contributed by atoms with van der Waals surface area (Å²) in [7, 11) is 1.96. The molecule has 5 heteroatoms. The van der Waals surface area contributed by atoms with Gasteiger partial charge in [-0.2, -0.15) is 5.10 Å². The minimum atomic E-state index is 0.161. The first-order chi connectivity index (χ1) is 8.15. The van der Waals surface area contributed by atoms with Crippen molar-refractivity contribution >= 4 is 15.9 Å². The van der Waals surface area contributed by atoms with Gasteiger partial charge in [0.1, 0.15) is 0 Å². The highest BCUT2D eigenvalue weighted by molar-refractivity contribution is 9.10. The molecule has 0 aliphatic carbocycles. The Bertz CT molecular complexity index is 318. The van der Waals surface area contributed by atoms with Crippen LogP contribution in [0.15, 0.2) is 10.7 Å². The minimum Gasteiger partial charge on any atom is -0.271 e. The van der Waals surface area contributed by atoms with E-state index < -0.39 is 0 Å². The Hall–Kier alpha value is -0.390. The van der Waals surface area contributed by atoms with Crippen molar-refractivity contribution in [2.75, 3.05) is 0 Å². The fraction of sp³-hybridized carbons (Fsp3) is 0.750. The third-order valence-corrected chi connectivity index (χ3v) is 3.95. The Morgan fingerprint density at radius 3 is 2.65 bits per heavy atom. The summed E-state index contributed by atoms with van der Waals surface area (Å²) < 4.78 is 2.92. The van der Waals surface area contributed by atoms with Crippen LogP contribution in [0.1, 0.15) is 51.3 Å². The molecule has 3 N–H and O–H groups in total. The standard InChI is InChI=1S/C12H23BrN4/c1-4-6-7-9(5-2)11(16-14)12-10(13)8-15-17(12)3/h8-9,11,16H,4-7,14H2,1-3H3. The highest BCUT2D eigenvalue weighted by atomic mass is 79.9. The molecule has 2 atom stereocenters. The molecular weight excluding hydrogens is 280 g/mol. The van der Waals surface area contributed by atoms with E-state index in [2.05, 4.69) is 40.3 Å². The topological polar surface area (TPSA) is 55.9 Å². The molecule has 1 aromatic rings. The Kier molecular flexibility index (Phi) is 6.16. The number of nitrogens with zero attached hydrogens (tertiary/aromatic N) is 2. The second-order valence-electron chi connectivity index (χ2n) is 4.46. The number of nitrogens with two attached hydrogens (primary N) is 1. The number of hydrazine groups is 1. The summed E-state index contributed by atoms with van der Waals surface area (Å²) in [5.41, 5.74) is 4.09. The van der Waals surface area contributed by atoms with Gasteiger partial charge in [-0.3, -0.25) is 16.0 Å². The van der Waals surface area contributed by atoms with E-state index in [0.717, 1.165) is 16.6 Å². The molecule has 0 aromatic carbocycles. The lowest BCUT2D eigenvalue weighted by molar-refractivity contribution is 0.313. The van der Waals surface area contributed by atoms with Crippen molar-refractivity contribution < 1.29 is 0 Å². The van der Waals surface area contributed by atoms with E-state index in [4.69, 9.17) is 5.84 Å². The smallest absolute Gasteiger partial charge is 0.0708 e. The quantitative estimate of drug-likeness (QED) is 0.601. The van der Waals surface area contributed by atoms with Crippen LogP contribution >= 0.6 is 15.9 Å². The summed E-state index contributed by atoms with van der Waals surface area (Å²) in [5.74, 6) is 6.29. The maximum atomic E-state index is 5.74. The van der Waals surface area contributed by atoms with Crippen LogP contribution in [0.25, 0.3) is 0 Å². The van der Waals surface area contributed by atoms with E-state index in [9.17, 15) is 0 Å². The normalized spacial score (nSPS) is 14.9. The van der Waals surface area contributed by atoms with Crippen molar-refractivity contribution in [3.05, 3.63) is 16.4 Å². The maximum absolute atomic E-state index is 5.74. The highest BCUT2D eigenvalue weighted by Gasteiger charge is 2.25. The number of unbranched alkanes of at least 4 members (excludes halogenated alkanes) is 1. The van der Waals surface area contributed by atoms with Crippen LogP contribution in [0.4, 0.5) is 0 Å². The number of hydrogen-bond donors (Lipinski definition) is 2. The van der Waals surface area contributed by atoms with Crippen molar-refractivity contribution in [2.24, 2.45) is 18.8 Å². The largest absolute Gasteiger partial charge is 0.271 e. The molecule has 2 unspecified atom stereocenters. The van der Waals surface area contributed by atoms with Gasteiger partial charge in [0.25, 0.3) is 0 Å². The molecule has 98 valence electrons. The Morgan fingerprint density at radius 2 is 2.24 bits per heavy atom. The van der Waals surface area contributed by atoms with Crippen molar-refractivity contribution in [2.45, 2.75) is 45.6 Å². The van der Waals surface area contributed by atoms with Crippen LogP contribution in [0.3, 0.4) is 0 Å². The monoisotopic (exact) mass is 302 g/mol. The first-order valence-electron chi connectivity index (χ1n) is 6.29. The molecular formula is C12H23BrN4. The number of aryl methyl sites for hydroxylation is 1. The Morgan fingerprint density at radius 1 is 1.53 bits per heavy atom. The van der Waals surface area contributed by atoms with Crippen LogP contribution in [-0.4, -0.2) is 9.78 Å². The number of rotatable bonds is 7. The molecule has 1 rings (SSSR count). The van der Waals surface area contributed by atoms with Crippen LogP contribution in [0.5, 0.6) is 0 Å². The fourth-order valence-electron chi connectivity index (χ4n) is 2.28. The van der Waals surface area contributed by atoms with E-state index in [0.29, 0.717) is 5.92 Å². The Balaban J connectivity index is 2.88. The second-order valence-corrected chi connectivity index (χ2v) is 5.31. The summed E-state index contributed by atoms with van der Waals surface area (Å²) in [6.45, 7) is 4.44. The Labute approximate surface area is 112 Å². The SMILES string of the molecule is CCCCC(CC)C(NN)c1c(Br)cnn1C. The number of hydrogen-bond acceptors (Lipinski definition) is 3.